The molecule has 1 fully saturated rings. The molecule has 2 atom stereocenters. The molecule has 0 N–H and O–H groups in total. The Morgan fingerprint density at radius 2 is 1.92 bits per heavy atom. The van der Waals surface area contributed by atoms with Gasteiger partial charge in [0.2, 0.25) is 0 Å². The number of aldehydes is 2. The number of rotatable bonds is 5. The highest BCUT2D eigenvalue weighted by Crippen LogP contribution is 2.31. The van der Waals surface area contributed by atoms with Crippen LogP contribution in [0, 0.1) is 0 Å². The van der Waals surface area contributed by atoms with Gasteiger partial charge >= 0.3 is 0 Å². The summed E-state index contributed by atoms with van der Waals surface area (Å²) < 4.78 is 11.1. The number of pyridine rings is 2. The number of ether oxygens (including phenoxy) is 2. The minimum Gasteiger partial charge on any atom is -0.496 e. The van der Waals surface area contributed by atoms with E-state index in [-0.39, 0.29) is 17.9 Å². The molecule has 7 heteroatoms. The predicted octanol–water partition coefficient (Wildman–Crippen LogP) is 2.39. The molecule has 0 unspecified atom stereocenters. The third-order valence-electron chi connectivity index (χ3n) is 4.28. The SMILES string of the molecule is COc1cc(C=O)ncc1-c1ccc(N2C[C@@H](C)O[C@@H](C)C2)c(C=O)n1. The lowest BCUT2D eigenvalue weighted by Crippen LogP contribution is -2.45. The van der Waals surface area contributed by atoms with Crippen molar-refractivity contribution in [1.29, 1.82) is 0 Å². The molecular weight excluding hydrogens is 334 g/mol. The van der Waals surface area contributed by atoms with Crippen molar-refractivity contribution in [2.75, 3.05) is 25.1 Å². The summed E-state index contributed by atoms with van der Waals surface area (Å²) in [7, 11) is 1.51. The molecule has 7 nitrogen and oxygen atoms in total. The fraction of sp³-hybridized carbons (Fsp3) is 0.368. The smallest absolute Gasteiger partial charge is 0.170 e. The maximum absolute atomic E-state index is 11.7. The van der Waals surface area contributed by atoms with Gasteiger partial charge in [-0.25, -0.2) is 4.98 Å². The van der Waals surface area contributed by atoms with E-state index in [9.17, 15) is 9.59 Å². The molecule has 2 aromatic rings. The molecule has 3 heterocycles. The number of carbonyl (C=O) groups excluding carboxylic acids is 2. The standard InChI is InChI=1S/C19H21N3O4/c1-12-8-22(9-13(2)26-12)18-5-4-16(21-17(18)11-24)15-7-20-14(10-23)6-19(15)25-3/h4-7,10-13H,8-9H2,1-3H3/t12-,13+. The maximum Gasteiger partial charge on any atom is 0.170 e. The number of nitrogens with zero attached hydrogens (tertiary/aromatic N) is 3. The normalized spacial score (nSPS) is 19.9. The zero-order valence-corrected chi connectivity index (χ0v) is 15.0. The van der Waals surface area contributed by atoms with Crippen LogP contribution in [0.5, 0.6) is 5.75 Å². The summed E-state index contributed by atoms with van der Waals surface area (Å²) in [6.45, 7) is 5.42. The van der Waals surface area contributed by atoms with Crippen LogP contribution in [-0.4, -0.2) is 54.9 Å². The van der Waals surface area contributed by atoms with Gasteiger partial charge in [-0.15, -0.1) is 0 Å². The van der Waals surface area contributed by atoms with E-state index in [4.69, 9.17) is 9.47 Å². The Morgan fingerprint density at radius 1 is 1.19 bits per heavy atom. The summed E-state index contributed by atoms with van der Waals surface area (Å²) in [5.74, 6) is 0.479. The topological polar surface area (TPSA) is 81.6 Å². The summed E-state index contributed by atoms with van der Waals surface area (Å²) in [6, 6.07) is 5.25. The fourth-order valence-electron chi connectivity index (χ4n) is 3.22. The zero-order chi connectivity index (χ0) is 18.7. The summed E-state index contributed by atoms with van der Waals surface area (Å²) in [6.07, 6.45) is 3.10. The van der Waals surface area contributed by atoms with E-state index in [0.717, 1.165) is 12.0 Å². The van der Waals surface area contributed by atoms with Crippen LogP contribution in [0.2, 0.25) is 0 Å². The van der Waals surface area contributed by atoms with Crippen LogP contribution in [0.1, 0.15) is 34.8 Å². The van der Waals surface area contributed by atoms with Crippen molar-refractivity contribution < 1.29 is 19.1 Å². The van der Waals surface area contributed by atoms with Crippen LogP contribution >= 0.6 is 0 Å². The molecule has 0 bridgehead atoms. The van der Waals surface area contributed by atoms with Gasteiger partial charge in [-0.05, 0) is 26.0 Å². The summed E-state index contributed by atoms with van der Waals surface area (Å²) in [4.78, 5) is 33.2. The number of anilines is 1. The minimum atomic E-state index is 0.0816. The third kappa shape index (κ3) is 3.57. The lowest BCUT2D eigenvalue weighted by molar-refractivity contribution is -0.00527. The number of aromatic nitrogens is 2. The van der Waals surface area contributed by atoms with Crippen LogP contribution in [0.25, 0.3) is 11.3 Å². The highest BCUT2D eigenvalue weighted by Gasteiger charge is 2.25. The molecule has 0 radical (unpaired) electrons. The Bertz CT molecular complexity index is 814. The first-order chi connectivity index (χ1) is 12.5. The molecule has 26 heavy (non-hydrogen) atoms. The van der Waals surface area contributed by atoms with Gasteiger partial charge in [0.25, 0.3) is 0 Å². The van der Waals surface area contributed by atoms with Gasteiger partial charge in [-0.1, -0.05) is 0 Å². The second kappa shape index (κ2) is 7.61. The summed E-state index contributed by atoms with van der Waals surface area (Å²) in [5, 5.41) is 0. The van der Waals surface area contributed by atoms with Crippen molar-refractivity contribution in [3.05, 3.63) is 35.8 Å². The lowest BCUT2D eigenvalue weighted by atomic mass is 10.1. The molecule has 1 saturated heterocycles. The van der Waals surface area contributed by atoms with Crippen LogP contribution in [0.4, 0.5) is 5.69 Å². The second-order valence-corrected chi connectivity index (χ2v) is 6.31. The van der Waals surface area contributed by atoms with Gasteiger partial charge in [0, 0.05) is 25.4 Å². The maximum atomic E-state index is 11.7. The van der Waals surface area contributed by atoms with E-state index in [1.165, 1.54) is 13.3 Å². The number of morpholine rings is 1. The van der Waals surface area contributed by atoms with Crippen molar-refractivity contribution in [2.45, 2.75) is 26.1 Å². The molecule has 0 amide bonds. The summed E-state index contributed by atoms with van der Waals surface area (Å²) in [5.41, 5.74) is 2.59. The van der Waals surface area contributed by atoms with Crippen molar-refractivity contribution in [3.8, 4) is 17.0 Å². The average Bonchev–Trinajstić information content (AvgIpc) is 2.66. The van der Waals surface area contributed by atoms with Gasteiger partial charge in [0.1, 0.15) is 17.1 Å². The number of hydrogen-bond acceptors (Lipinski definition) is 7. The van der Waals surface area contributed by atoms with Crippen molar-refractivity contribution in [1.82, 2.24) is 9.97 Å². The Balaban J connectivity index is 1.99. The van der Waals surface area contributed by atoms with Crippen molar-refractivity contribution in [3.63, 3.8) is 0 Å². The van der Waals surface area contributed by atoms with Crippen LogP contribution in [0.15, 0.2) is 24.4 Å². The Morgan fingerprint density at radius 3 is 2.54 bits per heavy atom. The average molecular weight is 355 g/mol. The lowest BCUT2D eigenvalue weighted by Gasteiger charge is -2.37. The van der Waals surface area contributed by atoms with E-state index in [1.807, 2.05) is 26.0 Å². The van der Waals surface area contributed by atoms with E-state index >= 15 is 0 Å². The molecule has 0 saturated carbocycles. The molecule has 2 aromatic heterocycles. The molecule has 136 valence electrons. The first-order valence-electron chi connectivity index (χ1n) is 8.42. The van der Waals surface area contributed by atoms with E-state index < -0.39 is 0 Å². The van der Waals surface area contributed by atoms with Crippen LogP contribution in [0.3, 0.4) is 0 Å². The largest absolute Gasteiger partial charge is 0.496 e. The van der Waals surface area contributed by atoms with Crippen molar-refractivity contribution in [2.24, 2.45) is 0 Å². The highest BCUT2D eigenvalue weighted by molar-refractivity contribution is 5.84. The Hall–Kier alpha value is -2.80. The minimum absolute atomic E-state index is 0.0816. The van der Waals surface area contributed by atoms with E-state index in [2.05, 4.69) is 14.9 Å². The Kier molecular flexibility index (Phi) is 5.27. The Labute approximate surface area is 152 Å². The monoisotopic (exact) mass is 355 g/mol. The molecule has 0 aliphatic carbocycles. The van der Waals surface area contributed by atoms with Crippen LogP contribution in [-0.2, 0) is 4.74 Å². The molecular formula is C19H21N3O4. The quantitative estimate of drug-likeness (QED) is 0.762. The van der Waals surface area contributed by atoms with E-state index in [0.29, 0.717) is 42.1 Å². The third-order valence-corrected chi connectivity index (χ3v) is 4.28. The van der Waals surface area contributed by atoms with Gasteiger partial charge in [-0.2, -0.15) is 0 Å². The van der Waals surface area contributed by atoms with Gasteiger partial charge in [0.15, 0.2) is 12.6 Å². The predicted molar refractivity (Wildman–Crippen MR) is 97.0 cm³/mol. The van der Waals surface area contributed by atoms with Gasteiger partial charge < -0.3 is 14.4 Å². The van der Waals surface area contributed by atoms with Crippen molar-refractivity contribution >= 4 is 18.3 Å². The first kappa shape index (κ1) is 18.0. The van der Waals surface area contributed by atoms with Gasteiger partial charge in [-0.3, -0.25) is 14.6 Å². The highest BCUT2D eigenvalue weighted by atomic mass is 16.5. The second-order valence-electron chi connectivity index (χ2n) is 6.31. The summed E-state index contributed by atoms with van der Waals surface area (Å²) >= 11 is 0. The van der Waals surface area contributed by atoms with E-state index in [1.54, 1.807) is 6.07 Å². The molecule has 0 spiro atoms. The molecule has 1 aliphatic rings. The first-order valence-corrected chi connectivity index (χ1v) is 8.42. The zero-order valence-electron chi connectivity index (χ0n) is 15.0. The number of carbonyl (C=O) groups is 2. The molecule has 0 aromatic carbocycles. The fourth-order valence-corrected chi connectivity index (χ4v) is 3.22. The molecule has 1 aliphatic heterocycles. The van der Waals surface area contributed by atoms with Gasteiger partial charge in [0.05, 0.1) is 36.3 Å². The van der Waals surface area contributed by atoms with Crippen LogP contribution < -0.4 is 9.64 Å². The number of hydrogen-bond donors (Lipinski definition) is 0. The number of methoxy groups -OCH3 is 1. The molecule has 3 rings (SSSR count).